The summed E-state index contributed by atoms with van der Waals surface area (Å²) in [7, 11) is 0. The van der Waals surface area contributed by atoms with E-state index in [9.17, 15) is 0 Å². The van der Waals surface area contributed by atoms with E-state index in [2.05, 4.69) is 5.48 Å². The maximum atomic E-state index is 9.00. The van der Waals surface area contributed by atoms with Crippen LogP contribution in [0.4, 0.5) is 0 Å². The van der Waals surface area contributed by atoms with E-state index in [4.69, 9.17) is 35.4 Å². The Morgan fingerprint density at radius 3 is 2.83 bits per heavy atom. The Hall–Kier alpha value is -2.64. The average molecular weight is 255 g/mol. The summed E-state index contributed by atoms with van der Waals surface area (Å²) in [6.45, 7) is 1.26. The molecule has 8 nitrogen and oxygen atoms in total. The van der Waals surface area contributed by atoms with Crippen molar-refractivity contribution in [3.8, 4) is 17.2 Å². The van der Waals surface area contributed by atoms with Crippen molar-refractivity contribution in [2.24, 2.45) is 5.73 Å². The number of carboxylic acids is 1. The molecule has 0 saturated carbocycles. The largest absolute Gasteiger partial charge is 0.481 e. The predicted octanol–water partition coefficient (Wildman–Crippen LogP) is 0.283. The standard InChI is InChI=1S/C8H9N3O3.C2H4O2/c9-8(10)11-14-6-3-1-2-5-7(6)13-4-12-5;1-2(3)4/h1-3H,4H2,(H4,9,10,11);1H3,(H,3,4). The average Bonchev–Trinajstić information content (AvgIpc) is 2.73. The zero-order valence-electron chi connectivity index (χ0n) is 9.60. The van der Waals surface area contributed by atoms with Gasteiger partial charge in [-0.15, -0.1) is 0 Å². The highest BCUT2D eigenvalue weighted by Crippen LogP contribution is 2.39. The summed E-state index contributed by atoms with van der Waals surface area (Å²) in [5.41, 5.74) is 7.28. The molecule has 1 aromatic carbocycles. The molecule has 1 heterocycles. The highest BCUT2D eigenvalue weighted by atomic mass is 16.7. The molecule has 8 heteroatoms. The van der Waals surface area contributed by atoms with Crippen LogP contribution in [0.5, 0.6) is 17.2 Å². The number of aliphatic carboxylic acids is 1. The van der Waals surface area contributed by atoms with E-state index >= 15 is 0 Å². The molecule has 5 N–H and O–H groups in total. The van der Waals surface area contributed by atoms with Crippen molar-refractivity contribution in [3.05, 3.63) is 18.2 Å². The van der Waals surface area contributed by atoms with Crippen molar-refractivity contribution < 1.29 is 24.2 Å². The lowest BCUT2D eigenvalue weighted by Crippen LogP contribution is -2.33. The van der Waals surface area contributed by atoms with Gasteiger partial charge in [0.25, 0.3) is 5.97 Å². The third-order valence-corrected chi connectivity index (χ3v) is 1.63. The number of nitrogens with one attached hydrogen (secondary N) is 2. The minimum absolute atomic E-state index is 0.176. The number of hydrogen-bond acceptors (Lipinski definition) is 5. The Morgan fingerprint density at radius 2 is 2.22 bits per heavy atom. The van der Waals surface area contributed by atoms with Crippen LogP contribution < -0.4 is 25.5 Å². The SMILES string of the molecule is CC(=O)O.N=C(N)NOc1cccc2c1OCO2. The molecule has 0 amide bonds. The number of hydroxylamine groups is 1. The monoisotopic (exact) mass is 255 g/mol. The Labute approximate surface area is 103 Å². The molecule has 0 unspecified atom stereocenters. The smallest absolute Gasteiger partial charge is 0.300 e. The number of carboxylic acid groups (broad SMARTS) is 1. The number of carbonyl (C=O) groups is 1. The molecule has 0 saturated heterocycles. The molecular weight excluding hydrogens is 242 g/mol. The second-order valence-corrected chi connectivity index (χ2v) is 3.13. The minimum Gasteiger partial charge on any atom is -0.481 e. The lowest BCUT2D eigenvalue weighted by molar-refractivity contribution is -0.134. The fourth-order valence-corrected chi connectivity index (χ4v) is 1.09. The number of rotatable bonds is 2. The van der Waals surface area contributed by atoms with E-state index in [0.717, 1.165) is 6.92 Å². The second kappa shape index (κ2) is 6.18. The molecule has 0 aliphatic carbocycles. The van der Waals surface area contributed by atoms with E-state index < -0.39 is 5.97 Å². The van der Waals surface area contributed by atoms with E-state index in [0.29, 0.717) is 17.2 Å². The predicted molar refractivity (Wildman–Crippen MR) is 61.6 cm³/mol. The molecule has 0 spiro atoms. The highest BCUT2D eigenvalue weighted by molar-refractivity contribution is 5.73. The fraction of sp³-hybridized carbons (Fsp3) is 0.200. The first kappa shape index (κ1) is 13.4. The zero-order valence-corrected chi connectivity index (χ0v) is 9.60. The molecule has 1 aliphatic rings. The number of para-hydroxylation sites is 1. The molecule has 0 radical (unpaired) electrons. The molecule has 0 fully saturated rings. The van der Waals surface area contributed by atoms with Crippen molar-refractivity contribution in [2.75, 3.05) is 6.79 Å². The number of hydrogen-bond donors (Lipinski definition) is 4. The lowest BCUT2D eigenvalue weighted by atomic mass is 10.3. The van der Waals surface area contributed by atoms with Crippen molar-refractivity contribution in [1.82, 2.24) is 5.48 Å². The quantitative estimate of drug-likeness (QED) is 0.339. The van der Waals surface area contributed by atoms with Crippen LogP contribution in [0.1, 0.15) is 6.92 Å². The molecule has 0 aromatic heterocycles. The van der Waals surface area contributed by atoms with E-state index in [1.807, 2.05) is 0 Å². The van der Waals surface area contributed by atoms with E-state index in [-0.39, 0.29) is 12.8 Å². The van der Waals surface area contributed by atoms with Crippen LogP contribution in [0.3, 0.4) is 0 Å². The van der Waals surface area contributed by atoms with Crippen LogP contribution in [0.2, 0.25) is 0 Å². The van der Waals surface area contributed by atoms with Crippen molar-refractivity contribution in [3.63, 3.8) is 0 Å². The number of benzene rings is 1. The maximum Gasteiger partial charge on any atom is 0.300 e. The van der Waals surface area contributed by atoms with Gasteiger partial charge >= 0.3 is 0 Å². The van der Waals surface area contributed by atoms with Crippen LogP contribution in [-0.4, -0.2) is 23.8 Å². The van der Waals surface area contributed by atoms with Crippen LogP contribution in [0, 0.1) is 5.41 Å². The normalized spacial score (nSPS) is 10.9. The van der Waals surface area contributed by atoms with Gasteiger partial charge in [0.2, 0.25) is 24.3 Å². The van der Waals surface area contributed by atoms with Gasteiger partial charge in [-0.1, -0.05) is 6.07 Å². The third-order valence-electron chi connectivity index (χ3n) is 1.63. The van der Waals surface area contributed by atoms with Gasteiger partial charge in [0.05, 0.1) is 0 Å². The first-order chi connectivity index (χ1) is 8.50. The fourth-order valence-electron chi connectivity index (χ4n) is 1.09. The first-order valence-corrected chi connectivity index (χ1v) is 4.85. The van der Waals surface area contributed by atoms with E-state index in [1.54, 1.807) is 18.2 Å². The van der Waals surface area contributed by atoms with Crippen molar-refractivity contribution >= 4 is 11.9 Å². The van der Waals surface area contributed by atoms with E-state index in [1.165, 1.54) is 0 Å². The number of fused-ring (bicyclic) bond motifs is 1. The van der Waals surface area contributed by atoms with Crippen LogP contribution >= 0.6 is 0 Å². The molecule has 1 aromatic rings. The van der Waals surface area contributed by atoms with Crippen molar-refractivity contribution in [1.29, 1.82) is 5.41 Å². The summed E-state index contributed by atoms with van der Waals surface area (Å²) in [5, 5.41) is 14.3. The molecule has 18 heavy (non-hydrogen) atoms. The Morgan fingerprint density at radius 1 is 1.56 bits per heavy atom. The van der Waals surface area contributed by atoms with Crippen LogP contribution in [-0.2, 0) is 4.79 Å². The van der Waals surface area contributed by atoms with Gasteiger partial charge in [0.15, 0.2) is 5.75 Å². The molecule has 0 bridgehead atoms. The van der Waals surface area contributed by atoms with Crippen molar-refractivity contribution in [2.45, 2.75) is 6.92 Å². The molecule has 1 aliphatic heterocycles. The van der Waals surface area contributed by atoms with Gasteiger partial charge in [-0.3, -0.25) is 10.2 Å². The first-order valence-electron chi connectivity index (χ1n) is 4.85. The lowest BCUT2D eigenvalue weighted by Gasteiger charge is -2.07. The van der Waals surface area contributed by atoms with Crippen LogP contribution in [0.15, 0.2) is 18.2 Å². The Bertz CT molecular complexity index is 445. The third kappa shape index (κ3) is 4.08. The zero-order chi connectivity index (χ0) is 13.5. The summed E-state index contributed by atoms with van der Waals surface area (Å²) in [6.07, 6.45) is 0. The molecule has 2 rings (SSSR count). The minimum atomic E-state index is -0.833. The Kier molecular flexibility index (Phi) is 4.61. The number of ether oxygens (including phenoxy) is 2. The summed E-state index contributed by atoms with van der Waals surface area (Å²) >= 11 is 0. The molecule has 98 valence electrons. The number of nitrogens with two attached hydrogens (primary N) is 1. The van der Waals surface area contributed by atoms with Gasteiger partial charge in [-0.05, 0) is 12.1 Å². The summed E-state index contributed by atoms with van der Waals surface area (Å²) < 4.78 is 10.3. The van der Waals surface area contributed by atoms with Gasteiger partial charge in [0, 0.05) is 6.92 Å². The van der Waals surface area contributed by atoms with Gasteiger partial charge < -0.3 is 25.2 Å². The highest BCUT2D eigenvalue weighted by Gasteiger charge is 2.18. The second-order valence-electron chi connectivity index (χ2n) is 3.13. The number of guanidine groups is 1. The summed E-state index contributed by atoms with van der Waals surface area (Å²) in [5.74, 6) is 0.464. The van der Waals surface area contributed by atoms with Crippen LogP contribution in [0.25, 0.3) is 0 Å². The van der Waals surface area contributed by atoms with Gasteiger partial charge in [-0.25, -0.2) is 0 Å². The van der Waals surface area contributed by atoms with Gasteiger partial charge in [0.1, 0.15) is 0 Å². The maximum absolute atomic E-state index is 9.00. The van der Waals surface area contributed by atoms with Gasteiger partial charge in [-0.2, -0.15) is 5.48 Å². The molecule has 0 atom stereocenters. The topological polar surface area (TPSA) is 127 Å². The summed E-state index contributed by atoms with van der Waals surface area (Å²) in [4.78, 5) is 14.0. The Balaban J connectivity index is 0.000000357. The molecular formula is C10H13N3O5. The summed E-state index contributed by atoms with van der Waals surface area (Å²) in [6, 6.07) is 5.21.